The smallest absolute Gasteiger partial charge is 0.235 e. The maximum atomic E-state index is 12.8. The Labute approximate surface area is 128 Å². The molecule has 116 valence electrons. The number of hydrogen-bond donors (Lipinski definition) is 0. The highest BCUT2D eigenvalue weighted by Gasteiger charge is 2.34. The molecule has 1 saturated heterocycles. The van der Waals surface area contributed by atoms with Crippen LogP contribution in [0.15, 0.2) is 29.2 Å². The molecule has 1 fully saturated rings. The molecule has 1 aliphatic rings. The third-order valence-corrected chi connectivity index (χ3v) is 6.43. The Kier molecular flexibility index (Phi) is 4.93. The summed E-state index contributed by atoms with van der Waals surface area (Å²) in [6, 6.07) is 5.73. The number of carbonyl (C=O) groups excluding carboxylic acids is 1. The lowest BCUT2D eigenvalue weighted by Crippen LogP contribution is -2.41. The third-order valence-electron chi connectivity index (χ3n) is 3.58. The van der Waals surface area contributed by atoms with Crippen molar-refractivity contribution in [1.82, 2.24) is 4.90 Å². The second-order valence-corrected chi connectivity index (χ2v) is 8.86. The molecule has 4 nitrogen and oxygen atoms in total. The molecule has 0 N–H and O–H groups in total. The Morgan fingerprint density at radius 2 is 2.00 bits per heavy atom. The van der Waals surface area contributed by atoms with Crippen LogP contribution in [0.1, 0.15) is 13.3 Å². The van der Waals surface area contributed by atoms with Crippen LogP contribution >= 0.6 is 11.8 Å². The second kappa shape index (κ2) is 6.36. The van der Waals surface area contributed by atoms with Gasteiger partial charge in [0.05, 0.1) is 16.8 Å². The number of carbonyl (C=O) groups is 1. The number of amides is 1. The van der Waals surface area contributed by atoms with Crippen molar-refractivity contribution in [2.24, 2.45) is 0 Å². The van der Waals surface area contributed by atoms with Gasteiger partial charge in [-0.25, -0.2) is 12.8 Å². The standard InChI is InChI=1S/C14H18FNO3S2/c1-10(20-13-5-3-11(15)4-6-13)14(17)16(2)12-7-8-21(18,19)9-12/h3-6,10,12H,7-9H2,1-2H3/t10-,12+/m0/s1. The van der Waals surface area contributed by atoms with E-state index in [2.05, 4.69) is 0 Å². The normalized spacial score (nSPS) is 22.0. The summed E-state index contributed by atoms with van der Waals surface area (Å²) in [6.45, 7) is 1.77. The molecule has 0 spiro atoms. The second-order valence-electron chi connectivity index (χ2n) is 5.22. The van der Waals surface area contributed by atoms with Crippen LogP contribution in [0.2, 0.25) is 0 Å². The minimum atomic E-state index is -3.01. The number of thioether (sulfide) groups is 1. The van der Waals surface area contributed by atoms with Crippen LogP contribution in [0.3, 0.4) is 0 Å². The van der Waals surface area contributed by atoms with Crippen molar-refractivity contribution in [3.8, 4) is 0 Å². The molecule has 0 aliphatic carbocycles. The van der Waals surface area contributed by atoms with Gasteiger partial charge in [0.15, 0.2) is 9.84 Å². The first kappa shape index (κ1) is 16.3. The van der Waals surface area contributed by atoms with E-state index in [0.29, 0.717) is 6.42 Å². The molecule has 1 aromatic carbocycles. The lowest BCUT2D eigenvalue weighted by Gasteiger charge is -2.26. The molecule has 0 aromatic heterocycles. The summed E-state index contributed by atoms with van der Waals surface area (Å²) in [5.74, 6) is -0.226. The van der Waals surface area contributed by atoms with Gasteiger partial charge in [0, 0.05) is 18.0 Å². The summed E-state index contributed by atoms with van der Waals surface area (Å²) in [6.07, 6.45) is 0.499. The Balaban J connectivity index is 1.97. The van der Waals surface area contributed by atoms with Gasteiger partial charge in [-0.1, -0.05) is 0 Å². The van der Waals surface area contributed by atoms with E-state index in [9.17, 15) is 17.6 Å². The molecular formula is C14H18FNO3S2. The zero-order valence-corrected chi connectivity index (χ0v) is 13.6. The SMILES string of the molecule is C[C@H](Sc1ccc(F)cc1)C(=O)N(C)[C@@H]1CCS(=O)(=O)C1. The topological polar surface area (TPSA) is 54.5 Å². The van der Waals surface area contributed by atoms with Crippen molar-refractivity contribution < 1.29 is 17.6 Å². The van der Waals surface area contributed by atoms with Crippen molar-refractivity contribution in [3.63, 3.8) is 0 Å². The van der Waals surface area contributed by atoms with E-state index in [-0.39, 0.29) is 34.5 Å². The number of rotatable bonds is 4. The van der Waals surface area contributed by atoms with Gasteiger partial charge in [-0.2, -0.15) is 0 Å². The molecule has 1 aromatic rings. The average Bonchev–Trinajstić information content (AvgIpc) is 2.80. The first-order valence-corrected chi connectivity index (χ1v) is 9.38. The van der Waals surface area contributed by atoms with Gasteiger partial charge >= 0.3 is 0 Å². The van der Waals surface area contributed by atoms with E-state index >= 15 is 0 Å². The molecule has 2 atom stereocenters. The minimum absolute atomic E-state index is 0.0448. The zero-order chi connectivity index (χ0) is 15.6. The molecule has 21 heavy (non-hydrogen) atoms. The number of hydrogen-bond acceptors (Lipinski definition) is 4. The summed E-state index contributed by atoms with van der Waals surface area (Å²) in [4.78, 5) is 14.7. The Bertz CT molecular complexity index is 616. The predicted octanol–water partition coefficient (Wildman–Crippen LogP) is 1.95. The quantitative estimate of drug-likeness (QED) is 0.792. The van der Waals surface area contributed by atoms with Crippen LogP contribution in [0.5, 0.6) is 0 Å². The average molecular weight is 331 g/mol. The highest BCUT2D eigenvalue weighted by atomic mass is 32.2. The highest BCUT2D eigenvalue weighted by molar-refractivity contribution is 8.00. The molecular weight excluding hydrogens is 313 g/mol. The molecule has 1 amide bonds. The van der Waals surface area contributed by atoms with E-state index in [1.807, 2.05) is 0 Å². The Morgan fingerprint density at radius 1 is 1.38 bits per heavy atom. The Hall–Kier alpha value is -1.08. The fourth-order valence-electron chi connectivity index (χ4n) is 2.32. The number of nitrogens with zero attached hydrogens (tertiary/aromatic N) is 1. The van der Waals surface area contributed by atoms with E-state index in [0.717, 1.165) is 4.90 Å². The number of benzene rings is 1. The molecule has 0 saturated carbocycles. The molecule has 1 heterocycles. The van der Waals surface area contributed by atoms with Gasteiger partial charge in [0.25, 0.3) is 0 Å². The predicted molar refractivity (Wildman–Crippen MR) is 81.5 cm³/mol. The summed E-state index contributed by atoms with van der Waals surface area (Å²) >= 11 is 1.34. The van der Waals surface area contributed by atoms with Gasteiger partial charge in [-0.3, -0.25) is 4.79 Å². The van der Waals surface area contributed by atoms with Gasteiger partial charge in [0.2, 0.25) is 5.91 Å². The van der Waals surface area contributed by atoms with Crippen molar-refractivity contribution >= 4 is 27.5 Å². The van der Waals surface area contributed by atoms with Crippen LogP contribution < -0.4 is 0 Å². The third kappa shape index (κ3) is 4.20. The van der Waals surface area contributed by atoms with Crippen LogP contribution in [-0.2, 0) is 14.6 Å². The molecule has 0 radical (unpaired) electrons. The van der Waals surface area contributed by atoms with Crippen LogP contribution in [0.25, 0.3) is 0 Å². The molecule has 7 heteroatoms. The largest absolute Gasteiger partial charge is 0.341 e. The van der Waals surface area contributed by atoms with Crippen LogP contribution in [-0.4, -0.2) is 49.1 Å². The van der Waals surface area contributed by atoms with Gasteiger partial charge in [0.1, 0.15) is 5.82 Å². The van der Waals surface area contributed by atoms with E-state index in [1.54, 1.807) is 26.1 Å². The van der Waals surface area contributed by atoms with Crippen LogP contribution in [0, 0.1) is 5.82 Å². The fourth-order valence-corrected chi connectivity index (χ4v) is 5.06. The highest BCUT2D eigenvalue weighted by Crippen LogP contribution is 2.26. The first-order chi connectivity index (χ1) is 9.78. The zero-order valence-electron chi connectivity index (χ0n) is 12.0. The van der Waals surface area contributed by atoms with Crippen molar-refractivity contribution in [2.75, 3.05) is 18.6 Å². The van der Waals surface area contributed by atoms with E-state index in [1.165, 1.54) is 28.8 Å². The van der Waals surface area contributed by atoms with E-state index < -0.39 is 9.84 Å². The maximum Gasteiger partial charge on any atom is 0.235 e. The summed E-state index contributed by atoms with van der Waals surface area (Å²) in [7, 11) is -1.36. The van der Waals surface area contributed by atoms with Gasteiger partial charge in [-0.15, -0.1) is 11.8 Å². The van der Waals surface area contributed by atoms with E-state index in [4.69, 9.17) is 0 Å². The molecule has 0 bridgehead atoms. The lowest BCUT2D eigenvalue weighted by molar-refractivity contribution is -0.130. The van der Waals surface area contributed by atoms with Gasteiger partial charge < -0.3 is 4.90 Å². The lowest BCUT2D eigenvalue weighted by atomic mass is 10.2. The summed E-state index contributed by atoms with van der Waals surface area (Å²) in [5, 5.41) is -0.344. The summed E-state index contributed by atoms with van der Waals surface area (Å²) in [5.41, 5.74) is 0. The Morgan fingerprint density at radius 3 is 2.52 bits per heavy atom. The first-order valence-electron chi connectivity index (χ1n) is 6.68. The molecule has 0 unspecified atom stereocenters. The maximum absolute atomic E-state index is 12.8. The molecule has 1 aliphatic heterocycles. The van der Waals surface area contributed by atoms with Crippen LogP contribution in [0.4, 0.5) is 4.39 Å². The number of halogens is 1. The monoisotopic (exact) mass is 331 g/mol. The van der Waals surface area contributed by atoms with Crippen molar-refractivity contribution in [1.29, 1.82) is 0 Å². The fraction of sp³-hybridized carbons (Fsp3) is 0.500. The summed E-state index contributed by atoms with van der Waals surface area (Å²) < 4.78 is 35.8. The van der Waals surface area contributed by atoms with Gasteiger partial charge in [-0.05, 0) is 37.6 Å². The van der Waals surface area contributed by atoms with Crippen molar-refractivity contribution in [3.05, 3.63) is 30.1 Å². The number of sulfone groups is 1. The molecule has 2 rings (SSSR count). The minimum Gasteiger partial charge on any atom is -0.341 e. The van der Waals surface area contributed by atoms with Crippen molar-refractivity contribution in [2.45, 2.75) is 29.5 Å².